The van der Waals surface area contributed by atoms with Crippen molar-refractivity contribution < 1.29 is 78.3 Å². The van der Waals surface area contributed by atoms with Gasteiger partial charge in [0.15, 0.2) is 8.07 Å². The van der Waals surface area contributed by atoms with Crippen molar-refractivity contribution in [3.05, 3.63) is 283 Å². The van der Waals surface area contributed by atoms with Crippen LogP contribution in [0.3, 0.4) is 0 Å². The summed E-state index contributed by atoms with van der Waals surface area (Å²) in [4.78, 5) is 4.78. The molecule has 3 aromatic heterocycles. The Kier molecular flexibility index (Phi) is 7.02. The molecule has 1 aliphatic carbocycles. The van der Waals surface area contributed by atoms with Crippen molar-refractivity contribution >= 4 is 61.7 Å². The van der Waals surface area contributed by atoms with Gasteiger partial charge in [0.25, 0.3) is 6.33 Å². The van der Waals surface area contributed by atoms with Crippen LogP contribution in [0.2, 0.25) is 0 Å². The summed E-state index contributed by atoms with van der Waals surface area (Å²) in [6.07, 6.45) is 2.95. The Labute approximate surface area is 558 Å². The molecule has 5 nitrogen and oxygen atoms in total. The number of para-hydroxylation sites is 3. The van der Waals surface area contributed by atoms with E-state index in [1.54, 1.807) is 12.3 Å². The van der Waals surface area contributed by atoms with Crippen LogP contribution >= 0.6 is 0 Å². The van der Waals surface area contributed by atoms with Gasteiger partial charge in [-0.1, -0.05) is 241 Å². The van der Waals surface area contributed by atoms with E-state index in [0.29, 0.717) is 11.3 Å². The van der Waals surface area contributed by atoms with Crippen molar-refractivity contribution in [2.24, 2.45) is 0 Å². The summed E-state index contributed by atoms with van der Waals surface area (Å²) >= 11 is 0. The van der Waals surface area contributed by atoms with Crippen LogP contribution in [0.15, 0.2) is 248 Å². The number of aromatic nitrogens is 4. The van der Waals surface area contributed by atoms with E-state index in [2.05, 4.69) is 39.2 Å². The fourth-order valence-corrected chi connectivity index (χ4v) is 15.1. The van der Waals surface area contributed by atoms with Gasteiger partial charge in [-0.15, -0.1) is 29.7 Å². The van der Waals surface area contributed by atoms with Crippen LogP contribution in [-0.4, -0.2) is 22.2 Å². The molecule has 0 atom stereocenters. The summed E-state index contributed by atoms with van der Waals surface area (Å²) in [5.74, 6) is 0.663. The van der Waals surface area contributed by atoms with E-state index in [1.807, 2.05) is 47.0 Å². The zero-order valence-electron chi connectivity index (χ0n) is 79.6. The Bertz CT molecular complexity index is 6200. The number of nitrogens with zero attached hydrogens (tertiary/aromatic N) is 4. The number of benzene rings is 10. The van der Waals surface area contributed by atoms with Crippen LogP contribution in [-0.2, 0) is 37.3 Å². The molecule has 14 rings (SSSR count). The predicted molar refractivity (Wildman–Crippen MR) is 344 cm³/mol. The zero-order valence-corrected chi connectivity index (χ0v) is 47.9. The fourth-order valence-electron chi connectivity index (χ4n) is 11.1. The van der Waals surface area contributed by atoms with Crippen LogP contribution in [0.5, 0.6) is 11.5 Å². The largest absolute Gasteiger partial charge is 0.510 e. The zero-order chi connectivity index (χ0) is 86.7. The molecule has 0 saturated heterocycles. The monoisotopic (exact) mass is 1320 g/mol. The van der Waals surface area contributed by atoms with Crippen molar-refractivity contribution in [1.82, 2.24) is 14.1 Å². The quantitative estimate of drug-likeness (QED) is 0.0560. The standard InChI is InChI=1S/C77H64N4OSi.Pt/c1-75(2,3)56-43-44-78-73(48-56)81-68-36-21-20-35-63(68)64-41-40-59(50-71(64)81)82-58-28-24-27-57(49-58)79-52-80(70-38-23-22-37-69(70)79)74-65(54-39-42-66-67(46-54)77(6,7)51-76(66,4)5)45-55(53-25-12-8-13-26-53)47-72(74)83(60-29-14-9-15-30-60,61-31-16-10-17-32-61)62-33-18-11-19-34-62;/h8-48H,51H2,1-7H3;/q-2;/i4D3,5D3,6D3,7D3,8D,9D,10D,11D,12D,13D,14D,15D,16D,17D,18D,19D,25D,26D,29D,30D,31D,32D,33D,34D,39D,42D,46D;. The Hall–Kier alpha value is -8.67. The Morgan fingerprint density at radius 1 is 0.595 bits per heavy atom. The van der Waals surface area contributed by atoms with Crippen molar-refractivity contribution in [3.63, 3.8) is 0 Å². The minimum absolute atomic E-state index is 0. The molecule has 10 aromatic carbocycles. The molecule has 0 fully saturated rings. The van der Waals surface area contributed by atoms with Gasteiger partial charge in [-0.05, 0) is 118 Å². The molecule has 0 radical (unpaired) electrons. The van der Waals surface area contributed by atoms with Crippen LogP contribution in [0, 0.1) is 18.5 Å². The molecule has 1 aliphatic rings. The summed E-state index contributed by atoms with van der Waals surface area (Å²) in [5, 5.41) is -3.05. The first-order valence-corrected chi connectivity index (χ1v) is 28.0. The van der Waals surface area contributed by atoms with Crippen molar-refractivity contribution in [2.75, 3.05) is 0 Å². The predicted octanol–water partition coefficient (Wildman–Crippen LogP) is 15.6. The number of fused-ring (bicyclic) bond motifs is 5. The first-order chi connectivity index (χ1) is 54.8. The second-order valence-electron chi connectivity index (χ2n) is 21.0. The summed E-state index contributed by atoms with van der Waals surface area (Å²) in [6.45, 7) is -10.3. The molecule has 84 heavy (non-hydrogen) atoms. The molecule has 7 heteroatoms. The third-order valence-electron chi connectivity index (χ3n) is 14.8. The topological polar surface area (TPSA) is 35.9 Å². The third kappa shape index (κ3) is 9.28. The summed E-state index contributed by atoms with van der Waals surface area (Å²) in [6, 6.07) is 3.91. The number of ether oxygens (including phenoxy) is 1. The minimum Gasteiger partial charge on any atom is -0.510 e. The SMILES string of the molecule is [2H]c1c([2H])c([2H])c(-c2cc(-c3c([2H])c([2H])c4c(c3[2H])C(C([2H])([2H])[2H])(C([2H])([2H])[2H])CC4(C([2H])([2H])[2H])C([2H])([2H])[2H])c(-[n+]3[c-]n(-c4[c-]c(Oc5[c-]c6c(cc5)c5ccccc5n6-c5cc(C(C)(C)C)ccn5)ccc4)c4ccccc43)c([Si](c3c([2H])c([2H])c([2H])c([2H])c3[2H])(c3c([2H])c([2H])c([2H])c([2H])c3[2H])c3c([2H])c([2H])c([2H])c([2H])c3[2H])c2)c([2H])c1[2H].[Pt]. The van der Waals surface area contributed by atoms with E-state index in [-0.39, 0.29) is 54.7 Å². The molecular formula is C77H64N4OPtSi-2. The minimum atomic E-state index is -6.89. The van der Waals surface area contributed by atoms with Gasteiger partial charge in [-0.2, -0.15) is 18.2 Å². The molecule has 0 bridgehead atoms. The van der Waals surface area contributed by atoms with E-state index in [0.717, 1.165) is 38.6 Å². The second-order valence-corrected chi connectivity index (χ2v) is 24.5. The first kappa shape index (κ1) is 27.8. The maximum atomic E-state index is 10.8. The van der Waals surface area contributed by atoms with E-state index in [9.17, 15) is 31.5 Å². The van der Waals surface area contributed by atoms with E-state index in [4.69, 9.17) is 26.2 Å². The molecule has 414 valence electrons. The van der Waals surface area contributed by atoms with Gasteiger partial charge in [-0.3, -0.25) is 4.57 Å². The summed E-state index contributed by atoms with van der Waals surface area (Å²) in [7, 11) is -6.89. The summed E-state index contributed by atoms with van der Waals surface area (Å²) < 4.78 is 345. The molecule has 0 unspecified atom stereocenters. The molecule has 0 N–H and O–H groups in total. The van der Waals surface area contributed by atoms with Crippen LogP contribution in [0.1, 0.15) is 119 Å². The van der Waals surface area contributed by atoms with Gasteiger partial charge in [0.05, 0.1) is 48.2 Å². The van der Waals surface area contributed by atoms with Crippen molar-refractivity contribution in [2.45, 2.75) is 70.8 Å². The maximum absolute atomic E-state index is 10.8. The Morgan fingerprint density at radius 3 is 1.90 bits per heavy atom. The van der Waals surface area contributed by atoms with E-state index in [1.165, 1.54) is 47.0 Å². The van der Waals surface area contributed by atoms with Crippen molar-refractivity contribution in [1.29, 1.82) is 0 Å². The summed E-state index contributed by atoms with van der Waals surface area (Å²) in [5.41, 5.74) is -13.8. The average molecular weight is 1320 g/mol. The average Bonchev–Trinajstić information content (AvgIpc) is 1.53. The van der Waals surface area contributed by atoms with Gasteiger partial charge < -0.3 is 13.9 Å². The fraction of sp³-hybridized carbons (Fsp3) is 0.143. The number of hydrogen-bond acceptors (Lipinski definition) is 2. The van der Waals surface area contributed by atoms with E-state index < -0.39 is 252 Å². The number of rotatable bonds is 11. The molecule has 3 heterocycles. The normalized spacial score (nSPS) is 20.2. The van der Waals surface area contributed by atoms with Gasteiger partial charge in [0.1, 0.15) is 5.82 Å². The van der Waals surface area contributed by atoms with Crippen LogP contribution < -0.4 is 30.1 Å². The number of imidazole rings is 1. The van der Waals surface area contributed by atoms with Crippen LogP contribution in [0.25, 0.3) is 72.3 Å². The molecule has 13 aromatic rings. The molecule has 0 saturated carbocycles. The molecule has 0 spiro atoms. The van der Waals surface area contributed by atoms with Crippen LogP contribution in [0.4, 0.5) is 0 Å². The van der Waals surface area contributed by atoms with Gasteiger partial charge in [0, 0.05) is 60.7 Å². The number of hydrogen-bond donors (Lipinski definition) is 0. The van der Waals surface area contributed by atoms with Gasteiger partial charge >= 0.3 is 0 Å². The van der Waals surface area contributed by atoms with Crippen molar-refractivity contribution in [3.8, 4) is 50.9 Å². The maximum Gasteiger partial charge on any atom is 0.268 e. The van der Waals surface area contributed by atoms with E-state index >= 15 is 0 Å². The Morgan fingerprint density at radius 2 is 1.23 bits per heavy atom. The van der Waals surface area contributed by atoms with Gasteiger partial charge in [-0.25, -0.2) is 4.98 Å². The molecule has 0 aliphatic heterocycles. The second kappa shape index (κ2) is 21.2. The molecule has 0 amide bonds. The third-order valence-corrected chi connectivity index (χ3v) is 19.0. The number of pyridine rings is 1. The first-order valence-electron chi connectivity index (χ1n) is 43.5. The Balaban J connectivity index is 0.0000123. The van der Waals surface area contributed by atoms with Gasteiger partial charge in [0.2, 0.25) is 0 Å². The molecular weight excluding hydrogens is 1220 g/mol. The smallest absolute Gasteiger partial charge is 0.268 e.